The van der Waals surface area contributed by atoms with Crippen LogP contribution >= 0.6 is 0 Å². The summed E-state index contributed by atoms with van der Waals surface area (Å²) in [6.07, 6.45) is 5.41. The zero-order valence-corrected chi connectivity index (χ0v) is 11.6. The van der Waals surface area contributed by atoms with Crippen molar-refractivity contribution >= 4 is 12.0 Å². The summed E-state index contributed by atoms with van der Waals surface area (Å²) < 4.78 is 5.45. The van der Waals surface area contributed by atoms with Crippen LogP contribution in [0.5, 0.6) is 5.75 Å². The largest absolute Gasteiger partial charge is 0.493 e. The van der Waals surface area contributed by atoms with Gasteiger partial charge in [-0.1, -0.05) is 19.9 Å². The van der Waals surface area contributed by atoms with E-state index >= 15 is 0 Å². The fourth-order valence-corrected chi connectivity index (χ4v) is 2.03. The second-order valence-electron chi connectivity index (χ2n) is 5.27. The normalized spacial score (nSPS) is 13.6. The zero-order valence-electron chi connectivity index (χ0n) is 11.6. The molecule has 0 radical (unpaired) electrons. The minimum absolute atomic E-state index is 0.0302. The van der Waals surface area contributed by atoms with E-state index in [1.54, 1.807) is 6.08 Å². The Labute approximate surface area is 114 Å². The average molecular weight is 259 g/mol. The molecule has 1 heterocycles. The molecule has 1 aromatic carbocycles. The Morgan fingerprint density at radius 3 is 3.11 bits per heavy atom. The number of hydrogen-bond acceptors (Lipinski definition) is 2. The van der Waals surface area contributed by atoms with Crippen LogP contribution in [0, 0.1) is 5.92 Å². The van der Waals surface area contributed by atoms with Gasteiger partial charge in [-0.25, -0.2) is 0 Å². The lowest BCUT2D eigenvalue weighted by Gasteiger charge is -2.04. The number of amides is 1. The number of hydrogen-bond donors (Lipinski definition) is 1. The maximum Gasteiger partial charge on any atom is 0.243 e. The number of nitrogens with one attached hydrogen (secondary N) is 1. The lowest BCUT2D eigenvalue weighted by Crippen LogP contribution is -2.23. The first-order chi connectivity index (χ1) is 9.15. The van der Waals surface area contributed by atoms with Crippen LogP contribution in [0.1, 0.15) is 31.4 Å². The van der Waals surface area contributed by atoms with Gasteiger partial charge in [-0.2, -0.15) is 0 Å². The van der Waals surface area contributed by atoms with Crippen molar-refractivity contribution in [3.05, 3.63) is 35.4 Å². The van der Waals surface area contributed by atoms with E-state index < -0.39 is 0 Å². The van der Waals surface area contributed by atoms with Crippen molar-refractivity contribution in [1.29, 1.82) is 0 Å². The Bertz CT molecular complexity index is 478. The minimum atomic E-state index is -0.0302. The molecule has 1 aliphatic rings. The molecule has 0 unspecified atom stereocenters. The van der Waals surface area contributed by atoms with Gasteiger partial charge in [-0.15, -0.1) is 0 Å². The first kappa shape index (κ1) is 13.7. The van der Waals surface area contributed by atoms with Crippen LogP contribution in [0.25, 0.3) is 6.08 Å². The molecular formula is C16H21NO2. The van der Waals surface area contributed by atoms with Crippen LogP contribution < -0.4 is 10.1 Å². The molecule has 1 amide bonds. The second kappa shape index (κ2) is 6.41. The summed E-state index contributed by atoms with van der Waals surface area (Å²) in [7, 11) is 0. The molecule has 102 valence electrons. The molecule has 3 heteroatoms. The van der Waals surface area contributed by atoms with Crippen LogP contribution in [0.4, 0.5) is 0 Å². The second-order valence-corrected chi connectivity index (χ2v) is 5.27. The summed E-state index contributed by atoms with van der Waals surface area (Å²) in [6, 6.07) is 6.03. The number of ether oxygens (including phenoxy) is 1. The third-order valence-corrected chi connectivity index (χ3v) is 3.16. The fourth-order valence-electron chi connectivity index (χ4n) is 2.03. The molecule has 1 N–H and O–H groups in total. The van der Waals surface area contributed by atoms with Crippen LogP contribution in [-0.4, -0.2) is 19.1 Å². The number of carbonyl (C=O) groups excluding carboxylic acids is 1. The summed E-state index contributed by atoms with van der Waals surface area (Å²) in [5.74, 6) is 1.55. The zero-order chi connectivity index (χ0) is 13.7. The molecule has 2 rings (SSSR count). The predicted octanol–water partition coefficient (Wildman–Crippen LogP) is 2.80. The van der Waals surface area contributed by atoms with Crippen molar-refractivity contribution in [1.82, 2.24) is 5.32 Å². The van der Waals surface area contributed by atoms with Crippen molar-refractivity contribution < 1.29 is 9.53 Å². The van der Waals surface area contributed by atoms with Gasteiger partial charge in [0.25, 0.3) is 0 Å². The van der Waals surface area contributed by atoms with Crippen molar-refractivity contribution in [3.63, 3.8) is 0 Å². The van der Waals surface area contributed by atoms with Crippen molar-refractivity contribution in [2.24, 2.45) is 5.92 Å². The van der Waals surface area contributed by atoms with E-state index in [9.17, 15) is 4.79 Å². The summed E-state index contributed by atoms with van der Waals surface area (Å²) in [6.45, 7) is 5.79. The molecule has 1 aliphatic heterocycles. The molecule has 19 heavy (non-hydrogen) atoms. The van der Waals surface area contributed by atoms with Crippen molar-refractivity contribution in [3.8, 4) is 5.75 Å². The predicted molar refractivity (Wildman–Crippen MR) is 77.1 cm³/mol. The summed E-state index contributed by atoms with van der Waals surface area (Å²) in [5.41, 5.74) is 2.27. The van der Waals surface area contributed by atoms with Gasteiger partial charge in [0, 0.05) is 19.0 Å². The van der Waals surface area contributed by atoms with Crippen molar-refractivity contribution in [2.45, 2.75) is 26.7 Å². The highest BCUT2D eigenvalue weighted by molar-refractivity contribution is 5.91. The molecular weight excluding hydrogens is 238 g/mol. The van der Waals surface area contributed by atoms with E-state index in [4.69, 9.17) is 4.74 Å². The van der Waals surface area contributed by atoms with E-state index in [2.05, 4.69) is 25.2 Å². The molecule has 0 spiro atoms. The van der Waals surface area contributed by atoms with Gasteiger partial charge in [0.15, 0.2) is 0 Å². The molecule has 0 fully saturated rings. The SMILES string of the molecule is CC(C)CCNC(=O)/C=C/c1ccc2c(c1)CCO2. The van der Waals surface area contributed by atoms with Crippen LogP contribution in [0.15, 0.2) is 24.3 Å². The van der Waals surface area contributed by atoms with E-state index in [0.29, 0.717) is 5.92 Å². The Morgan fingerprint density at radius 2 is 2.32 bits per heavy atom. The van der Waals surface area contributed by atoms with Gasteiger partial charge in [-0.3, -0.25) is 4.79 Å². The lowest BCUT2D eigenvalue weighted by atomic mass is 10.1. The Balaban J connectivity index is 1.86. The highest BCUT2D eigenvalue weighted by Gasteiger charge is 2.10. The summed E-state index contributed by atoms with van der Waals surface area (Å²) in [5, 5.41) is 2.89. The molecule has 1 aromatic rings. The van der Waals surface area contributed by atoms with Crippen LogP contribution in [-0.2, 0) is 11.2 Å². The van der Waals surface area contributed by atoms with Gasteiger partial charge in [0.1, 0.15) is 5.75 Å². The number of carbonyl (C=O) groups is 1. The molecule has 0 aliphatic carbocycles. The van der Waals surface area contributed by atoms with Gasteiger partial charge < -0.3 is 10.1 Å². The highest BCUT2D eigenvalue weighted by Crippen LogP contribution is 2.26. The maximum atomic E-state index is 11.6. The number of benzene rings is 1. The van der Waals surface area contributed by atoms with Crippen LogP contribution in [0.2, 0.25) is 0 Å². The van der Waals surface area contributed by atoms with E-state index in [-0.39, 0.29) is 5.91 Å². The number of fused-ring (bicyclic) bond motifs is 1. The smallest absolute Gasteiger partial charge is 0.243 e. The number of rotatable bonds is 5. The van der Waals surface area contributed by atoms with Gasteiger partial charge in [0.05, 0.1) is 6.61 Å². The average Bonchev–Trinajstić information content (AvgIpc) is 2.83. The quantitative estimate of drug-likeness (QED) is 0.826. The summed E-state index contributed by atoms with van der Waals surface area (Å²) >= 11 is 0. The molecule has 0 bridgehead atoms. The van der Waals surface area contributed by atoms with Gasteiger partial charge in [0.2, 0.25) is 5.91 Å². The van der Waals surface area contributed by atoms with Crippen molar-refractivity contribution in [2.75, 3.05) is 13.2 Å². The first-order valence-corrected chi connectivity index (χ1v) is 6.87. The summed E-state index contributed by atoms with van der Waals surface area (Å²) in [4.78, 5) is 11.6. The monoisotopic (exact) mass is 259 g/mol. The van der Waals surface area contributed by atoms with E-state index in [0.717, 1.165) is 37.3 Å². The molecule has 3 nitrogen and oxygen atoms in total. The van der Waals surface area contributed by atoms with E-state index in [1.807, 2.05) is 18.2 Å². The highest BCUT2D eigenvalue weighted by atomic mass is 16.5. The van der Waals surface area contributed by atoms with Gasteiger partial charge in [-0.05, 0) is 41.7 Å². The first-order valence-electron chi connectivity index (χ1n) is 6.87. The third-order valence-electron chi connectivity index (χ3n) is 3.16. The lowest BCUT2D eigenvalue weighted by molar-refractivity contribution is -0.116. The molecule has 0 saturated heterocycles. The Morgan fingerprint density at radius 1 is 1.47 bits per heavy atom. The van der Waals surface area contributed by atoms with Gasteiger partial charge >= 0.3 is 0 Å². The minimum Gasteiger partial charge on any atom is -0.493 e. The molecule has 0 atom stereocenters. The Hall–Kier alpha value is -1.77. The van der Waals surface area contributed by atoms with E-state index in [1.165, 1.54) is 5.56 Å². The standard InChI is InChI=1S/C16H21NO2/c1-12(2)7-9-17-16(18)6-4-13-3-5-15-14(11-13)8-10-19-15/h3-6,11-12H,7-10H2,1-2H3,(H,17,18)/b6-4+. The fraction of sp³-hybridized carbons (Fsp3) is 0.438. The molecule has 0 aromatic heterocycles. The Kier molecular flexibility index (Phi) is 4.61. The maximum absolute atomic E-state index is 11.6. The van der Waals surface area contributed by atoms with Crippen LogP contribution in [0.3, 0.4) is 0 Å². The topological polar surface area (TPSA) is 38.3 Å². The third kappa shape index (κ3) is 4.12. The molecule has 0 saturated carbocycles.